The van der Waals surface area contributed by atoms with Crippen LogP contribution in [0.3, 0.4) is 0 Å². The summed E-state index contributed by atoms with van der Waals surface area (Å²) in [5.74, 6) is -0.180. The highest BCUT2D eigenvalue weighted by Crippen LogP contribution is 2.37. The maximum Gasteiger partial charge on any atom is 0.123 e. The molecule has 0 heterocycles. The Labute approximate surface area is 129 Å². The Morgan fingerprint density at radius 3 is 2.33 bits per heavy atom. The van der Waals surface area contributed by atoms with Crippen molar-refractivity contribution < 1.29 is 9.13 Å². The molecule has 120 valence electrons. The fraction of sp³-hybridized carbons (Fsp3) is 0.667. The minimum Gasteiger partial charge on any atom is -0.373 e. The van der Waals surface area contributed by atoms with Crippen LogP contribution in [0.15, 0.2) is 18.2 Å². The van der Waals surface area contributed by atoms with Crippen molar-refractivity contribution in [3.8, 4) is 0 Å². The molecule has 0 amide bonds. The van der Waals surface area contributed by atoms with Crippen LogP contribution < -0.4 is 5.32 Å². The summed E-state index contributed by atoms with van der Waals surface area (Å²) in [6.07, 6.45) is 2.91. The second kappa shape index (κ2) is 8.50. The van der Waals surface area contributed by atoms with Gasteiger partial charge in [0, 0.05) is 6.61 Å². The molecule has 1 aromatic rings. The molecule has 1 rings (SSSR count). The zero-order valence-corrected chi connectivity index (χ0v) is 14.1. The summed E-state index contributed by atoms with van der Waals surface area (Å²) in [4.78, 5) is 0. The van der Waals surface area contributed by atoms with E-state index in [1.165, 1.54) is 0 Å². The minimum atomic E-state index is -0.244. The van der Waals surface area contributed by atoms with Gasteiger partial charge in [-0.2, -0.15) is 0 Å². The van der Waals surface area contributed by atoms with Crippen LogP contribution in [-0.2, 0) is 4.74 Å². The average molecular weight is 295 g/mol. The van der Waals surface area contributed by atoms with Gasteiger partial charge in [0.05, 0.1) is 11.6 Å². The van der Waals surface area contributed by atoms with E-state index in [9.17, 15) is 4.39 Å². The molecule has 2 nitrogen and oxygen atoms in total. The minimum absolute atomic E-state index is 0.0907. The summed E-state index contributed by atoms with van der Waals surface area (Å²) < 4.78 is 19.6. The van der Waals surface area contributed by atoms with E-state index < -0.39 is 0 Å². The van der Waals surface area contributed by atoms with E-state index in [2.05, 4.69) is 26.1 Å². The third kappa shape index (κ3) is 4.27. The van der Waals surface area contributed by atoms with E-state index >= 15 is 0 Å². The fourth-order valence-corrected chi connectivity index (χ4v) is 3.06. The van der Waals surface area contributed by atoms with Crippen LogP contribution in [-0.4, -0.2) is 18.8 Å². The zero-order chi connectivity index (χ0) is 15.9. The van der Waals surface area contributed by atoms with E-state index in [-0.39, 0.29) is 17.5 Å². The first-order valence-electron chi connectivity index (χ1n) is 8.17. The van der Waals surface area contributed by atoms with Crippen molar-refractivity contribution in [2.75, 3.05) is 13.2 Å². The van der Waals surface area contributed by atoms with E-state index in [0.717, 1.165) is 36.9 Å². The molecule has 1 aromatic carbocycles. The molecule has 0 bridgehead atoms. The molecule has 0 spiro atoms. The Kier molecular flexibility index (Phi) is 7.33. The quantitative estimate of drug-likeness (QED) is 0.708. The maximum absolute atomic E-state index is 13.4. The predicted molar refractivity (Wildman–Crippen MR) is 87.1 cm³/mol. The molecule has 3 heteroatoms. The van der Waals surface area contributed by atoms with Crippen molar-refractivity contribution in [3.63, 3.8) is 0 Å². The smallest absolute Gasteiger partial charge is 0.123 e. The molecule has 0 aromatic heterocycles. The molecule has 0 aliphatic rings. The summed E-state index contributed by atoms with van der Waals surface area (Å²) in [5, 5.41) is 3.63. The Bertz CT molecular complexity index is 429. The first kappa shape index (κ1) is 18.1. The van der Waals surface area contributed by atoms with Gasteiger partial charge in [-0.05, 0) is 62.9 Å². The molecule has 0 saturated heterocycles. The van der Waals surface area contributed by atoms with E-state index in [4.69, 9.17) is 4.74 Å². The number of nitrogens with one attached hydrogen (secondary N) is 1. The van der Waals surface area contributed by atoms with Crippen LogP contribution in [0.1, 0.15) is 64.1 Å². The third-order valence-corrected chi connectivity index (χ3v) is 4.30. The Morgan fingerprint density at radius 2 is 1.86 bits per heavy atom. The molecule has 1 N–H and O–H groups in total. The largest absolute Gasteiger partial charge is 0.373 e. The number of halogens is 1. The first-order chi connectivity index (χ1) is 10.0. The summed E-state index contributed by atoms with van der Waals surface area (Å²) in [6, 6.07) is 5.15. The lowest BCUT2D eigenvalue weighted by Crippen LogP contribution is -2.46. The number of hydrogen-bond acceptors (Lipinski definition) is 2. The third-order valence-electron chi connectivity index (χ3n) is 4.30. The van der Waals surface area contributed by atoms with E-state index in [0.29, 0.717) is 6.61 Å². The van der Waals surface area contributed by atoms with E-state index in [1.807, 2.05) is 19.9 Å². The summed E-state index contributed by atoms with van der Waals surface area (Å²) >= 11 is 0. The first-order valence-corrected chi connectivity index (χ1v) is 8.17. The summed E-state index contributed by atoms with van der Waals surface area (Å²) in [5.41, 5.74) is 1.88. The fourth-order valence-electron chi connectivity index (χ4n) is 3.06. The molecule has 1 atom stereocenters. The van der Waals surface area contributed by atoms with Gasteiger partial charge < -0.3 is 10.1 Å². The van der Waals surface area contributed by atoms with Crippen molar-refractivity contribution in [3.05, 3.63) is 35.1 Å². The van der Waals surface area contributed by atoms with Gasteiger partial charge in [0.25, 0.3) is 0 Å². The van der Waals surface area contributed by atoms with Gasteiger partial charge in [-0.3, -0.25) is 0 Å². The maximum atomic E-state index is 13.4. The molecular formula is C18H30FNO. The standard InChI is InChI=1S/C18H30FNO/c1-6-12-20-17(18(7-2,8-3)21-9-4)16-11-10-15(19)13-14(16)5/h10-11,13,17,20H,6-9,12H2,1-5H3. The van der Waals surface area contributed by atoms with Crippen molar-refractivity contribution >= 4 is 0 Å². The van der Waals surface area contributed by atoms with Crippen LogP contribution >= 0.6 is 0 Å². The molecule has 21 heavy (non-hydrogen) atoms. The molecule has 0 radical (unpaired) electrons. The van der Waals surface area contributed by atoms with Crippen LogP contribution in [0.5, 0.6) is 0 Å². The summed E-state index contributed by atoms with van der Waals surface area (Å²) in [6.45, 7) is 12.1. The lowest BCUT2D eigenvalue weighted by Gasteiger charge is -2.41. The molecule has 0 saturated carbocycles. The Hall–Kier alpha value is -0.930. The molecule has 0 fully saturated rings. The molecule has 0 aliphatic carbocycles. The van der Waals surface area contributed by atoms with Crippen molar-refractivity contribution in [1.29, 1.82) is 0 Å². The highest BCUT2D eigenvalue weighted by atomic mass is 19.1. The van der Waals surface area contributed by atoms with Gasteiger partial charge in [0.15, 0.2) is 0 Å². The number of aryl methyl sites for hydroxylation is 1. The normalized spacial score (nSPS) is 13.4. The molecule has 0 aliphatic heterocycles. The van der Waals surface area contributed by atoms with Gasteiger partial charge in [-0.25, -0.2) is 4.39 Å². The SMILES string of the molecule is CCCNC(c1ccc(F)cc1C)C(CC)(CC)OCC. The molecule has 1 unspecified atom stereocenters. The second-order valence-electron chi connectivity index (χ2n) is 5.59. The van der Waals surface area contributed by atoms with Crippen LogP contribution in [0, 0.1) is 12.7 Å². The highest BCUT2D eigenvalue weighted by Gasteiger charge is 2.37. The Morgan fingerprint density at radius 1 is 1.19 bits per heavy atom. The van der Waals surface area contributed by atoms with Gasteiger partial charge in [-0.1, -0.05) is 26.8 Å². The van der Waals surface area contributed by atoms with Gasteiger partial charge in [0.2, 0.25) is 0 Å². The second-order valence-corrected chi connectivity index (χ2v) is 5.59. The van der Waals surface area contributed by atoms with Crippen molar-refractivity contribution in [1.82, 2.24) is 5.32 Å². The lowest BCUT2D eigenvalue weighted by molar-refractivity contribution is -0.0734. The monoisotopic (exact) mass is 295 g/mol. The topological polar surface area (TPSA) is 21.3 Å². The van der Waals surface area contributed by atoms with Gasteiger partial charge in [-0.15, -0.1) is 0 Å². The number of benzene rings is 1. The zero-order valence-electron chi connectivity index (χ0n) is 14.1. The van der Waals surface area contributed by atoms with Crippen molar-refractivity contribution in [2.45, 2.75) is 65.5 Å². The highest BCUT2D eigenvalue weighted by molar-refractivity contribution is 5.32. The number of rotatable bonds is 9. The molecular weight excluding hydrogens is 265 g/mol. The van der Waals surface area contributed by atoms with Crippen LogP contribution in [0.25, 0.3) is 0 Å². The van der Waals surface area contributed by atoms with Crippen molar-refractivity contribution in [2.24, 2.45) is 0 Å². The lowest BCUT2D eigenvalue weighted by atomic mass is 9.82. The number of hydrogen-bond donors (Lipinski definition) is 1. The Balaban J connectivity index is 3.24. The van der Waals surface area contributed by atoms with E-state index in [1.54, 1.807) is 12.1 Å². The number of ether oxygens (including phenoxy) is 1. The van der Waals surface area contributed by atoms with Gasteiger partial charge >= 0.3 is 0 Å². The predicted octanol–water partition coefficient (Wildman–Crippen LogP) is 4.77. The summed E-state index contributed by atoms with van der Waals surface area (Å²) in [7, 11) is 0. The van der Waals surface area contributed by atoms with Crippen LogP contribution in [0.2, 0.25) is 0 Å². The average Bonchev–Trinajstić information content (AvgIpc) is 2.47. The van der Waals surface area contributed by atoms with Gasteiger partial charge in [0.1, 0.15) is 5.82 Å². The van der Waals surface area contributed by atoms with Crippen LogP contribution in [0.4, 0.5) is 4.39 Å².